The largest absolute Gasteiger partial charge is 0.492 e. The van der Waals surface area contributed by atoms with E-state index < -0.39 is 0 Å². The van der Waals surface area contributed by atoms with Crippen molar-refractivity contribution in [2.75, 3.05) is 56.3 Å². The molecule has 3 rings (SSSR count). The zero-order chi connectivity index (χ0) is 21.3. The molecule has 1 aliphatic heterocycles. The molecule has 8 heteroatoms. The van der Waals surface area contributed by atoms with Crippen molar-refractivity contribution in [3.63, 3.8) is 0 Å². The van der Waals surface area contributed by atoms with Crippen molar-refractivity contribution < 1.29 is 23.7 Å². The molecule has 1 saturated heterocycles. The number of benzene rings is 2. The Labute approximate surface area is 181 Å². The molecular weight excluding hydrogens is 408 g/mol. The normalized spacial score (nSPS) is 13.6. The zero-order valence-corrected chi connectivity index (χ0v) is 18.0. The minimum atomic E-state index is -0.322. The summed E-state index contributed by atoms with van der Waals surface area (Å²) in [5.41, 5.74) is 1.46. The number of hydrogen-bond acceptors (Lipinski definition) is 6. The first-order valence-electron chi connectivity index (χ1n) is 10.1. The molecule has 162 valence electrons. The van der Waals surface area contributed by atoms with Crippen LogP contribution in [0.1, 0.15) is 13.8 Å². The van der Waals surface area contributed by atoms with Gasteiger partial charge in [0.2, 0.25) is 0 Å². The molecule has 1 heterocycles. The first kappa shape index (κ1) is 22.1. The minimum Gasteiger partial charge on any atom is -0.492 e. The van der Waals surface area contributed by atoms with Crippen LogP contribution in [0.5, 0.6) is 17.2 Å². The first-order chi connectivity index (χ1) is 14.6. The molecule has 0 bridgehead atoms. The molecule has 1 amide bonds. The number of para-hydroxylation sites is 1. The van der Waals surface area contributed by atoms with Crippen molar-refractivity contribution >= 4 is 28.9 Å². The van der Waals surface area contributed by atoms with Gasteiger partial charge in [0, 0.05) is 25.2 Å². The number of nitrogens with one attached hydrogen (secondary N) is 1. The van der Waals surface area contributed by atoms with E-state index in [1.807, 2.05) is 19.9 Å². The highest BCUT2D eigenvalue weighted by Gasteiger charge is 2.20. The molecule has 1 aliphatic rings. The third-order valence-corrected chi connectivity index (χ3v) is 4.79. The molecule has 0 aliphatic carbocycles. The highest BCUT2D eigenvalue weighted by molar-refractivity contribution is 6.32. The third-order valence-electron chi connectivity index (χ3n) is 4.48. The quantitative estimate of drug-likeness (QED) is 0.643. The van der Waals surface area contributed by atoms with Crippen LogP contribution in [-0.2, 0) is 9.53 Å². The molecule has 2 aromatic carbocycles. The lowest BCUT2D eigenvalue weighted by Gasteiger charge is -2.31. The van der Waals surface area contributed by atoms with Gasteiger partial charge in [-0.2, -0.15) is 0 Å². The van der Waals surface area contributed by atoms with Gasteiger partial charge in [0.25, 0.3) is 5.91 Å². The van der Waals surface area contributed by atoms with Gasteiger partial charge < -0.3 is 29.2 Å². The Balaban J connectivity index is 1.78. The summed E-state index contributed by atoms with van der Waals surface area (Å²) in [6.45, 7) is 7.48. The van der Waals surface area contributed by atoms with Crippen LogP contribution in [0.25, 0.3) is 0 Å². The van der Waals surface area contributed by atoms with Gasteiger partial charge in [-0.15, -0.1) is 0 Å². The molecule has 0 unspecified atom stereocenters. The molecule has 0 radical (unpaired) electrons. The second kappa shape index (κ2) is 10.9. The number of rotatable bonds is 9. The predicted octanol–water partition coefficient (Wildman–Crippen LogP) is 3.99. The fourth-order valence-corrected chi connectivity index (χ4v) is 3.33. The topological polar surface area (TPSA) is 69.3 Å². The van der Waals surface area contributed by atoms with E-state index in [4.69, 9.17) is 30.5 Å². The number of anilines is 2. The molecule has 0 atom stereocenters. The van der Waals surface area contributed by atoms with Gasteiger partial charge in [-0.05, 0) is 26.0 Å². The predicted molar refractivity (Wildman–Crippen MR) is 117 cm³/mol. The molecule has 1 N–H and O–H groups in total. The maximum Gasteiger partial charge on any atom is 0.262 e. The van der Waals surface area contributed by atoms with Crippen LogP contribution < -0.4 is 24.4 Å². The number of carbonyl (C=O) groups excluding carboxylic acids is 1. The van der Waals surface area contributed by atoms with Crippen LogP contribution >= 0.6 is 11.6 Å². The Morgan fingerprint density at radius 1 is 1.03 bits per heavy atom. The van der Waals surface area contributed by atoms with Crippen molar-refractivity contribution in [1.29, 1.82) is 0 Å². The van der Waals surface area contributed by atoms with E-state index in [0.29, 0.717) is 54.4 Å². The average molecular weight is 435 g/mol. The number of morpholine rings is 1. The minimum absolute atomic E-state index is 0.176. The maximum atomic E-state index is 12.5. The summed E-state index contributed by atoms with van der Waals surface area (Å²) in [5, 5.41) is 3.31. The van der Waals surface area contributed by atoms with Crippen molar-refractivity contribution in [3.8, 4) is 17.2 Å². The summed E-state index contributed by atoms with van der Waals surface area (Å²) in [6, 6.07) is 10.7. The number of nitrogens with zero attached hydrogens (tertiary/aromatic N) is 1. The highest BCUT2D eigenvalue weighted by atomic mass is 35.5. The van der Waals surface area contributed by atoms with Crippen LogP contribution in [0, 0.1) is 0 Å². The second-order valence-electron chi connectivity index (χ2n) is 6.55. The molecule has 7 nitrogen and oxygen atoms in total. The summed E-state index contributed by atoms with van der Waals surface area (Å²) in [4.78, 5) is 14.7. The van der Waals surface area contributed by atoms with Crippen molar-refractivity contribution in [2.24, 2.45) is 0 Å². The summed E-state index contributed by atoms with van der Waals surface area (Å²) < 4.78 is 22.6. The number of carbonyl (C=O) groups is 1. The van der Waals surface area contributed by atoms with E-state index in [2.05, 4.69) is 10.2 Å². The molecule has 30 heavy (non-hydrogen) atoms. The van der Waals surface area contributed by atoms with Crippen molar-refractivity contribution in [1.82, 2.24) is 0 Å². The van der Waals surface area contributed by atoms with Crippen LogP contribution in [0.2, 0.25) is 5.02 Å². The van der Waals surface area contributed by atoms with Crippen LogP contribution in [-0.4, -0.2) is 52.0 Å². The van der Waals surface area contributed by atoms with E-state index in [1.54, 1.807) is 30.3 Å². The first-order valence-corrected chi connectivity index (χ1v) is 10.4. The van der Waals surface area contributed by atoms with E-state index >= 15 is 0 Å². The van der Waals surface area contributed by atoms with Crippen LogP contribution in [0.4, 0.5) is 11.4 Å². The molecule has 1 fully saturated rings. The fraction of sp³-hybridized carbons (Fsp3) is 0.409. The Kier molecular flexibility index (Phi) is 8.04. The molecule has 0 spiro atoms. The van der Waals surface area contributed by atoms with Gasteiger partial charge >= 0.3 is 0 Å². The standard InChI is InChI=1S/C22H27ClN2O5/c1-3-28-20-14-18(25-9-11-27-12-10-25)21(29-4-2)13-17(20)24-22(26)15-30-19-8-6-5-7-16(19)23/h5-8,13-14H,3-4,9-12,15H2,1-2H3,(H,24,26). The lowest BCUT2D eigenvalue weighted by molar-refractivity contribution is -0.118. The van der Waals surface area contributed by atoms with Crippen LogP contribution in [0.15, 0.2) is 36.4 Å². The van der Waals surface area contributed by atoms with E-state index in [9.17, 15) is 4.79 Å². The van der Waals surface area contributed by atoms with Crippen molar-refractivity contribution in [2.45, 2.75) is 13.8 Å². The van der Waals surface area contributed by atoms with Gasteiger partial charge in [0.15, 0.2) is 6.61 Å². The van der Waals surface area contributed by atoms with Gasteiger partial charge in [0.1, 0.15) is 17.2 Å². The second-order valence-corrected chi connectivity index (χ2v) is 6.96. The monoisotopic (exact) mass is 434 g/mol. The number of ether oxygens (including phenoxy) is 4. The average Bonchev–Trinajstić information content (AvgIpc) is 2.76. The Morgan fingerprint density at radius 3 is 2.43 bits per heavy atom. The van der Waals surface area contributed by atoms with E-state index in [1.165, 1.54) is 0 Å². The summed E-state index contributed by atoms with van der Waals surface area (Å²) in [7, 11) is 0. The Hall–Kier alpha value is -2.64. The summed E-state index contributed by atoms with van der Waals surface area (Å²) in [5.74, 6) is 1.40. The SMILES string of the molecule is CCOc1cc(N2CCOCC2)c(OCC)cc1NC(=O)COc1ccccc1Cl. The summed E-state index contributed by atoms with van der Waals surface area (Å²) in [6.07, 6.45) is 0. The Morgan fingerprint density at radius 2 is 1.73 bits per heavy atom. The van der Waals surface area contributed by atoms with Gasteiger partial charge in [-0.1, -0.05) is 23.7 Å². The lowest BCUT2D eigenvalue weighted by atomic mass is 10.2. The Bertz CT molecular complexity index is 855. The smallest absolute Gasteiger partial charge is 0.262 e. The maximum absolute atomic E-state index is 12.5. The molecular formula is C22H27ClN2O5. The molecule has 2 aromatic rings. The zero-order valence-electron chi connectivity index (χ0n) is 17.3. The lowest BCUT2D eigenvalue weighted by Crippen LogP contribution is -2.36. The van der Waals surface area contributed by atoms with Crippen LogP contribution in [0.3, 0.4) is 0 Å². The van der Waals surface area contributed by atoms with Crippen molar-refractivity contribution in [3.05, 3.63) is 41.4 Å². The van der Waals surface area contributed by atoms with Gasteiger partial charge in [-0.3, -0.25) is 4.79 Å². The molecule has 0 aromatic heterocycles. The highest BCUT2D eigenvalue weighted by Crippen LogP contribution is 2.39. The molecule has 0 saturated carbocycles. The van der Waals surface area contributed by atoms with E-state index in [0.717, 1.165) is 18.8 Å². The summed E-state index contributed by atoms with van der Waals surface area (Å²) >= 11 is 6.07. The number of hydrogen-bond donors (Lipinski definition) is 1. The number of amides is 1. The van der Waals surface area contributed by atoms with Gasteiger partial charge in [0.05, 0.1) is 42.8 Å². The van der Waals surface area contributed by atoms with E-state index in [-0.39, 0.29) is 12.5 Å². The van der Waals surface area contributed by atoms with Gasteiger partial charge in [-0.25, -0.2) is 0 Å². The fourth-order valence-electron chi connectivity index (χ4n) is 3.14. The number of halogens is 1. The third kappa shape index (κ3) is 5.70.